The molecule has 1 fully saturated rings. The van der Waals surface area contributed by atoms with Crippen LogP contribution in [0.3, 0.4) is 0 Å². The minimum absolute atomic E-state index is 0.0112. The van der Waals surface area contributed by atoms with E-state index in [2.05, 4.69) is 32.2 Å². The van der Waals surface area contributed by atoms with Crippen LogP contribution in [0.5, 0.6) is 0 Å². The number of rotatable bonds is 3. The monoisotopic (exact) mass is 265 g/mol. The lowest BCUT2D eigenvalue weighted by atomic mass is 9.68. The van der Waals surface area contributed by atoms with Gasteiger partial charge in [0, 0.05) is 13.1 Å². The number of carbonyl (C=O) groups excluding carboxylic acids is 1. The Morgan fingerprint density at radius 3 is 2.53 bits per heavy atom. The molecule has 0 aromatic rings. The molecule has 0 radical (unpaired) electrons. The van der Waals surface area contributed by atoms with Gasteiger partial charge in [0.2, 0.25) is 5.91 Å². The van der Waals surface area contributed by atoms with Crippen molar-refractivity contribution in [3.63, 3.8) is 0 Å². The van der Waals surface area contributed by atoms with E-state index in [4.69, 9.17) is 0 Å². The third-order valence-corrected chi connectivity index (χ3v) is 4.45. The lowest BCUT2D eigenvalue weighted by Gasteiger charge is -2.43. The van der Waals surface area contributed by atoms with Crippen LogP contribution in [0.1, 0.15) is 40.0 Å². The minimum Gasteiger partial charge on any atom is -0.358 e. The molecule has 3 atom stereocenters. The van der Waals surface area contributed by atoms with Crippen molar-refractivity contribution in [2.45, 2.75) is 46.1 Å². The molecule has 1 saturated carbocycles. The average Bonchev–Trinajstić information content (AvgIpc) is 2.36. The Hall–Kier alpha value is -1.08. The largest absolute Gasteiger partial charge is 0.358 e. The molecule has 1 aliphatic rings. The number of nitrogens with one attached hydrogen (secondary N) is 1. The van der Waals surface area contributed by atoms with Crippen LogP contribution in [-0.2, 0) is 4.79 Å². The molecule has 3 unspecified atom stereocenters. The molecule has 0 aromatic heterocycles. The average molecular weight is 265 g/mol. The maximum atomic E-state index is 11.5. The SMILES string of the molecule is CNC(=O)CN(C)C1CC(C(C)(C)C)CCC1C#N. The first-order chi connectivity index (χ1) is 8.79. The summed E-state index contributed by atoms with van der Waals surface area (Å²) in [5.41, 5.74) is 0.270. The zero-order valence-corrected chi connectivity index (χ0v) is 12.9. The Kier molecular flexibility index (Phi) is 5.37. The van der Waals surface area contributed by atoms with Gasteiger partial charge in [0.25, 0.3) is 0 Å². The molecule has 0 bridgehead atoms. The van der Waals surface area contributed by atoms with Gasteiger partial charge in [-0.05, 0) is 37.6 Å². The second kappa shape index (κ2) is 6.38. The lowest BCUT2D eigenvalue weighted by Crippen LogP contribution is -2.47. The Balaban J connectivity index is 2.75. The molecular weight excluding hydrogens is 238 g/mol. The first-order valence-corrected chi connectivity index (χ1v) is 7.10. The van der Waals surface area contributed by atoms with Gasteiger partial charge in [0.1, 0.15) is 0 Å². The Morgan fingerprint density at radius 1 is 1.42 bits per heavy atom. The van der Waals surface area contributed by atoms with Gasteiger partial charge in [0.15, 0.2) is 0 Å². The molecule has 1 amide bonds. The summed E-state index contributed by atoms with van der Waals surface area (Å²) in [6.07, 6.45) is 3.07. The fourth-order valence-corrected chi connectivity index (χ4v) is 2.99. The van der Waals surface area contributed by atoms with Crippen LogP contribution in [0.25, 0.3) is 0 Å². The van der Waals surface area contributed by atoms with Crippen molar-refractivity contribution >= 4 is 5.91 Å². The Labute approximate surface area is 117 Å². The van der Waals surface area contributed by atoms with Gasteiger partial charge >= 0.3 is 0 Å². The molecule has 0 saturated heterocycles. The van der Waals surface area contributed by atoms with Crippen LogP contribution in [0.2, 0.25) is 0 Å². The van der Waals surface area contributed by atoms with Gasteiger partial charge in [-0.3, -0.25) is 9.69 Å². The maximum Gasteiger partial charge on any atom is 0.233 e. The molecule has 4 heteroatoms. The lowest BCUT2D eigenvalue weighted by molar-refractivity contribution is -0.122. The first-order valence-electron chi connectivity index (χ1n) is 7.10. The minimum atomic E-state index is 0.0112. The number of likely N-dealkylation sites (N-methyl/N-ethyl adjacent to an activating group) is 2. The van der Waals surface area contributed by atoms with E-state index in [0.717, 1.165) is 19.3 Å². The highest BCUT2D eigenvalue weighted by Gasteiger charge is 2.37. The smallest absolute Gasteiger partial charge is 0.233 e. The van der Waals surface area contributed by atoms with E-state index in [1.54, 1.807) is 7.05 Å². The van der Waals surface area contributed by atoms with Crippen LogP contribution in [0.4, 0.5) is 0 Å². The molecule has 0 spiro atoms. The molecule has 1 N–H and O–H groups in total. The number of hydrogen-bond donors (Lipinski definition) is 1. The fourth-order valence-electron chi connectivity index (χ4n) is 2.99. The van der Waals surface area contributed by atoms with Gasteiger partial charge < -0.3 is 5.32 Å². The van der Waals surface area contributed by atoms with Crippen LogP contribution in [0, 0.1) is 28.6 Å². The first kappa shape index (κ1) is 16.0. The molecule has 108 valence electrons. The van der Waals surface area contributed by atoms with Crippen molar-refractivity contribution in [3.05, 3.63) is 0 Å². The van der Waals surface area contributed by atoms with Crippen LogP contribution in [-0.4, -0.2) is 37.5 Å². The zero-order chi connectivity index (χ0) is 14.6. The second-order valence-corrected chi connectivity index (χ2v) is 6.77. The molecular formula is C15H27N3O. The molecule has 0 aromatic carbocycles. The molecule has 1 rings (SSSR count). The highest BCUT2D eigenvalue weighted by Crippen LogP contribution is 2.41. The third kappa shape index (κ3) is 4.21. The summed E-state index contributed by atoms with van der Waals surface area (Å²) < 4.78 is 0. The summed E-state index contributed by atoms with van der Waals surface area (Å²) in [6.45, 7) is 7.16. The topological polar surface area (TPSA) is 56.1 Å². The number of amides is 1. The number of nitrogens with zero attached hydrogens (tertiary/aromatic N) is 2. The van der Waals surface area contributed by atoms with Crippen molar-refractivity contribution in [2.75, 3.05) is 20.6 Å². The summed E-state index contributed by atoms with van der Waals surface area (Å²) in [5, 5.41) is 12.0. The van der Waals surface area contributed by atoms with Crippen molar-refractivity contribution < 1.29 is 4.79 Å². The van der Waals surface area contributed by atoms with Crippen molar-refractivity contribution in [3.8, 4) is 6.07 Å². The van der Waals surface area contributed by atoms with E-state index in [9.17, 15) is 10.1 Å². The number of nitriles is 1. The maximum absolute atomic E-state index is 11.5. The standard InChI is InChI=1S/C15H27N3O/c1-15(2,3)12-7-6-11(9-16)13(8-12)18(5)10-14(19)17-4/h11-13H,6-8,10H2,1-5H3,(H,17,19). The summed E-state index contributed by atoms with van der Waals surface area (Å²) in [7, 11) is 3.60. The summed E-state index contributed by atoms with van der Waals surface area (Å²) in [4.78, 5) is 13.5. The van der Waals surface area contributed by atoms with Crippen LogP contribution in [0.15, 0.2) is 0 Å². The molecule has 0 heterocycles. The third-order valence-electron chi connectivity index (χ3n) is 4.45. The van der Waals surface area contributed by atoms with Gasteiger partial charge in [-0.25, -0.2) is 0 Å². The van der Waals surface area contributed by atoms with Gasteiger partial charge in [-0.15, -0.1) is 0 Å². The normalized spacial score (nSPS) is 27.9. The molecule has 1 aliphatic carbocycles. The zero-order valence-electron chi connectivity index (χ0n) is 12.9. The van der Waals surface area contributed by atoms with E-state index in [-0.39, 0.29) is 23.3 Å². The van der Waals surface area contributed by atoms with Crippen molar-refractivity contribution in [1.82, 2.24) is 10.2 Å². The molecule has 4 nitrogen and oxygen atoms in total. The summed E-state index contributed by atoms with van der Waals surface area (Å²) in [5.74, 6) is 0.680. The Morgan fingerprint density at radius 2 is 2.05 bits per heavy atom. The number of carbonyl (C=O) groups is 1. The van der Waals surface area contributed by atoms with E-state index < -0.39 is 0 Å². The predicted molar refractivity (Wildman–Crippen MR) is 76.4 cm³/mol. The summed E-state index contributed by atoms with van der Waals surface area (Å²) >= 11 is 0. The fraction of sp³-hybridized carbons (Fsp3) is 0.867. The van der Waals surface area contributed by atoms with Crippen molar-refractivity contribution in [1.29, 1.82) is 5.26 Å². The molecule has 19 heavy (non-hydrogen) atoms. The van der Waals surface area contributed by atoms with Crippen LogP contribution < -0.4 is 5.32 Å². The van der Waals surface area contributed by atoms with E-state index in [1.165, 1.54) is 0 Å². The number of hydrogen-bond acceptors (Lipinski definition) is 3. The highest BCUT2D eigenvalue weighted by atomic mass is 16.1. The van der Waals surface area contributed by atoms with E-state index in [1.807, 2.05) is 11.9 Å². The van der Waals surface area contributed by atoms with E-state index in [0.29, 0.717) is 12.5 Å². The van der Waals surface area contributed by atoms with Crippen molar-refractivity contribution in [2.24, 2.45) is 17.3 Å². The summed E-state index contributed by atoms with van der Waals surface area (Å²) in [6, 6.07) is 2.62. The Bertz CT molecular complexity index is 353. The molecule has 0 aliphatic heterocycles. The van der Waals surface area contributed by atoms with Gasteiger partial charge in [-0.2, -0.15) is 5.26 Å². The van der Waals surface area contributed by atoms with E-state index >= 15 is 0 Å². The highest BCUT2D eigenvalue weighted by molar-refractivity contribution is 5.77. The second-order valence-electron chi connectivity index (χ2n) is 6.77. The van der Waals surface area contributed by atoms with Crippen LogP contribution >= 0.6 is 0 Å². The van der Waals surface area contributed by atoms with Gasteiger partial charge in [0.05, 0.1) is 18.5 Å². The predicted octanol–water partition coefficient (Wildman–Crippen LogP) is 2.02. The van der Waals surface area contributed by atoms with Gasteiger partial charge in [-0.1, -0.05) is 20.8 Å². The quantitative estimate of drug-likeness (QED) is 0.849.